The fraction of sp³-hybridized carbons (Fsp3) is 0.222. The van der Waals surface area contributed by atoms with Crippen molar-refractivity contribution in [2.75, 3.05) is 11.9 Å². The molecular weight excluding hydrogens is 351 g/mol. The maximum atomic E-state index is 12.4. The molecule has 2 aromatic rings. The summed E-state index contributed by atoms with van der Waals surface area (Å²) in [6, 6.07) is 12.5. The molecule has 0 aromatic heterocycles. The molecule has 136 valence electrons. The highest BCUT2D eigenvalue weighted by molar-refractivity contribution is 6.00. The Morgan fingerprint density at radius 2 is 1.85 bits per heavy atom. The molecule has 1 aliphatic rings. The van der Waals surface area contributed by atoms with Crippen molar-refractivity contribution >= 4 is 17.6 Å². The average molecular weight is 365 g/mol. The standard InChI is InChI=1S/C18H14F3NO4/c19-18(20,21)10-25-14-8-4-3-7-13(14)22-16(23)15-9-11-5-1-2-6-12(11)17(24)26-15/h1-8,15H,9-10H2,(H,22,23). The minimum Gasteiger partial charge on any atom is -0.482 e. The van der Waals surface area contributed by atoms with Gasteiger partial charge in [0.05, 0.1) is 11.3 Å². The van der Waals surface area contributed by atoms with Gasteiger partial charge in [0.2, 0.25) is 0 Å². The van der Waals surface area contributed by atoms with Crippen molar-refractivity contribution in [2.45, 2.75) is 18.7 Å². The molecule has 1 unspecified atom stereocenters. The number of fused-ring (bicyclic) bond motifs is 1. The van der Waals surface area contributed by atoms with E-state index in [4.69, 9.17) is 9.47 Å². The van der Waals surface area contributed by atoms with Crippen LogP contribution in [0.2, 0.25) is 0 Å². The van der Waals surface area contributed by atoms with Crippen LogP contribution in [0.3, 0.4) is 0 Å². The highest BCUT2D eigenvalue weighted by Crippen LogP contribution is 2.27. The third-order valence-electron chi connectivity index (χ3n) is 3.72. The molecule has 0 saturated carbocycles. The van der Waals surface area contributed by atoms with Gasteiger partial charge in [-0.15, -0.1) is 0 Å². The Bertz CT molecular complexity index is 835. The SMILES string of the molecule is O=C1OC(C(=O)Nc2ccccc2OCC(F)(F)F)Cc2ccccc21. The van der Waals surface area contributed by atoms with E-state index in [1.807, 2.05) is 0 Å². The van der Waals surface area contributed by atoms with Gasteiger partial charge in [0.25, 0.3) is 5.91 Å². The van der Waals surface area contributed by atoms with E-state index in [1.165, 1.54) is 24.3 Å². The molecular formula is C18H14F3NO4. The van der Waals surface area contributed by atoms with Crippen LogP contribution in [0.5, 0.6) is 5.75 Å². The van der Waals surface area contributed by atoms with E-state index >= 15 is 0 Å². The Morgan fingerprint density at radius 3 is 2.62 bits per heavy atom. The number of hydrogen-bond acceptors (Lipinski definition) is 4. The third-order valence-corrected chi connectivity index (χ3v) is 3.72. The number of hydrogen-bond donors (Lipinski definition) is 1. The number of para-hydroxylation sites is 2. The van der Waals surface area contributed by atoms with E-state index in [-0.39, 0.29) is 17.9 Å². The van der Waals surface area contributed by atoms with Crippen LogP contribution in [0.15, 0.2) is 48.5 Å². The van der Waals surface area contributed by atoms with Gasteiger partial charge >= 0.3 is 12.1 Å². The highest BCUT2D eigenvalue weighted by atomic mass is 19.4. The van der Waals surface area contributed by atoms with Crippen LogP contribution in [-0.2, 0) is 16.0 Å². The summed E-state index contributed by atoms with van der Waals surface area (Å²) in [6.07, 6.45) is -5.40. The van der Waals surface area contributed by atoms with Crippen molar-refractivity contribution in [1.82, 2.24) is 0 Å². The van der Waals surface area contributed by atoms with Crippen molar-refractivity contribution in [3.05, 3.63) is 59.7 Å². The van der Waals surface area contributed by atoms with Crippen molar-refractivity contribution < 1.29 is 32.2 Å². The Morgan fingerprint density at radius 1 is 1.15 bits per heavy atom. The number of carbonyl (C=O) groups excluding carboxylic acids is 2. The van der Waals surface area contributed by atoms with Gasteiger partial charge in [-0.25, -0.2) is 4.79 Å². The second-order valence-corrected chi connectivity index (χ2v) is 5.64. The number of amides is 1. The van der Waals surface area contributed by atoms with Crippen molar-refractivity contribution in [1.29, 1.82) is 0 Å². The Hall–Kier alpha value is -3.03. The van der Waals surface area contributed by atoms with Crippen LogP contribution in [0, 0.1) is 0 Å². The summed E-state index contributed by atoms with van der Waals surface area (Å²) < 4.78 is 46.9. The van der Waals surface area contributed by atoms with Crippen LogP contribution in [-0.4, -0.2) is 30.8 Å². The minimum absolute atomic E-state index is 0.0663. The first kappa shape index (κ1) is 17.8. The van der Waals surface area contributed by atoms with E-state index in [1.54, 1.807) is 24.3 Å². The summed E-state index contributed by atoms with van der Waals surface area (Å²) in [7, 11) is 0. The molecule has 0 aliphatic carbocycles. The Kier molecular flexibility index (Phi) is 4.83. The molecule has 1 aliphatic heterocycles. The van der Waals surface area contributed by atoms with E-state index in [0.29, 0.717) is 11.1 Å². The lowest BCUT2D eigenvalue weighted by molar-refractivity contribution is -0.153. The van der Waals surface area contributed by atoms with Crippen molar-refractivity contribution in [2.24, 2.45) is 0 Å². The molecule has 3 rings (SSSR count). The van der Waals surface area contributed by atoms with Gasteiger partial charge in [0.1, 0.15) is 5.75 Å². The second-order valence-electron chi connectivity index (χ2n) is 5.64. The first-order valence-electron chi connectivity index (χ1n) is 7.72. The number of nitrogens with one attached hydrogen (secondary N) is 1. The molecule has 2 aromatic carbocycles. The minimum atomic E-state index is -4.50. The number of anilines is 1. The van der Waals surface area contributed by atoms with Crippen LogP contribution < -0.4 is 10.1 Å². The second kappa shape index (κ2) is 7.07. The molecule has 1 heterocycles. The number of ether oxygens (including phenoxy) is 2. The highest BCUT2D eigenvalue weighted by Gasteiger charge is 2.32. The van der Waals surface area contributed by atoms with E-state index in [2.05, 4.69) is 5.32 Å². The van der Waals surface area contributed by atoms with Gasteiger partial charge in [-0.3, -0.25) is 4.79 Å². The maximum Gasteiger partial charge on any atom is 0.422 e. The molecule has 26 heavy (non-hydrogen) atoms. The molecule has 0 spiro atoms. The van der Waals surface area contributed by atoms with E-state index < -0.39 is 30.8 Å². The number of halogens is 3. The first-order chi connectivity index (χ1) is 12.3. The fourth-order valence-corrected chi connectivity index (χ4v) is 2.55. The number of cyclic esters (lactones) is 1. The summed E-state index contributed by atoms with van der Waals surface area (Å²) in [4.78, 5) is 24.4. The molecule has 0 saturated heterocycles. The van der Waals surface area contributed by atoms with E-state index in [9.17, 15) is 22.8 Å². The lowest BCUT2D eigenvalue weighted by Gasteiger charge is -2.24. The van der Waals surface area contributed by atoms with Crippen LogP contribution >= 0.6 is 0 Å². The molecule has 0 fully saturated rings. The molecule has 1 atom stereocenters. The quantitative estimate of drug-likeness (QED) is 0.844. The predicted molar refractivity (Wildman–Crippen MR) is 86.0 cm³/mol. The third kappa shape index (κ3) is 4.14. The zero-order valence-electron chi connectivity index (χ0n) is 13.4. The smallest absolute Gasteiger partial charge is 0.422 e. The number of esters is 1. The number of carbonyl (C=O) groups is 2. The molecule has 1 amide bonds. The van der Waals surface area contributed by atoms with Gasteiger partial charge in [-0.1, -0.05) is 30.3 Å². The first-order valence-corrected chi connectivity index (χ1v) is 7.72. The van der Waals surface area contributed by atoms with Gasteiger partial charge in [-0.2, -0.15) is 13.2 Å². The summed E-state index contributed by atoms with van der Waals surface area (Å²) >= 11 is 0. The number of benzene rings is 2. The normalized spacial score (nSPS) is 16.4. The number of rotatable bonds is 4. The molecule has 5 nitrogen and oxygen atoms in total. The van der Waals surface area contributed by atoms with Gasteiger partial charge in [-0.05, 0) is 23.8 Å². The monoisotopic (exact) mass is 365 g/mol. The predicted octanol–water partition coefficient (Wildman–Crippen LogP) is 3.35. The maximum absolute atomic E-state index is 12.4. The van der Waals surface area contributed by atoms with E-state index in [0.717, 1.165) is 0 Å². The van der Waals surface area contributed by atoms with Crippen LogP contribution in [0.1, 0.15) is 15.9 Å². The summed E-state index contributed by atoms with van der Waals surface area (Å²) in [5.74, 6) is -1.38. The average Bonchev–Trinajstić information content (AvgIpc) is 2.60. The number of alkyl halides is 3. The summed E-state index contributed by atoms with van der Waals surface area (Å²) in [5.41, 5.74) is 1.13. The fourth-order valence-electron chi connectivity index (χ4n) is 2.55. The molecule has 8 heteroatoms. The topological polar surface area (TPSA) is 64.6 Å². The summed E-state index contributed by atoms with van der Waals surface area (Å²) in [5, 5.41) is 2.46. The Balaban J connectivity index is 1.72. The zero-order chi connectivity index (χ0) is 18.7. The van der Waals surface area contributed by atoms with Crippen LogP contribution in [0.4, 0.5) is 18.9 Å². The zero-order valence-corrected chi connectivity index (χ0v) is 13.4. The van der Waals surface area contributed by atoms with Crippen molar-refractivity contribution in [3.63, 3.8) is 0 Å². The lowest BCUT2D eigenvalue weighted by atomic mass is 9.98. The van der Waals surface area contributed by atoms with Crippen molar-refractivity contribution in [3.8, 4) is 5.75 Å². The summed E-state index contributed by atoms with van der Waals surface area (Å²) in [6.45, 7) is -1.48. The van der Waals surface area contributed by atoms with Gasteiger partial charge in [0, 0.05) is 6.42 Å². The lowest BCUT2D eigenvalue weighted by Crippen LogP contribution is -2.38. The molecule has 1 N–H and O–H groups in total. The molecule has 0 bridgehead atoms. The van der Waals surface area contributed by atoms with Crippen LogP contribution in [0.25, 0.3) is 0 Å². The van der Waals surface area contributed by atoms with Gasteiger partial charge < -0.3 is 14.8 Å². The largest absolute Gasteiger partial charge is 0.482 e. The molecule has 0 radical (unpaired) electrons. The van der Waals surface area contributed by atoms with Gasteiger partial charge in [0.15, 0.2) is 12.7 Å². The Labute approximate surface area is 146 Å².